The van der Waals surface area contributed by atoms with Crippen molar-refractivity contribution in [1.29, 1.82) is 0 Å². The summed E-state index contributed by atoms with van der Waals surface area (Å²) in [6.07, 6.45) is 4.62. The number of aromatic nitrogens is 3. The highest BCUT2D eigenvalue weighted by atomic mass is 16.1. The van der Waals surface area contributed by atoms with Crippen molar-refractivity contribution in [3.8, 4) is 11.4 Å². The van der Waals surface area contributed by atoms with E-state index >= 15 is 0 Å². The number of carbonyl (C=O) groups excluding carboxylic acids is 1. The van der Waals surface area contributed by atoms with E-state index in [1.54, 1.807) is 6.33 Å². The number of benzene rings is 1. The normalized spacial score (nSPS) is 16.6. The zero-order valence-corrected chi connectivity index (χ0v) is 15.0. The topological polar surface area (TPSA) is 71.8 Å². The van der Waals surface area contributed by atoms with Crippen LogP contribution in [0.5, 0.6) is 0 Å². The molecule has 0 radical (unpaired) electrons. The van der Waals surface area contributed by atoms with Crippen LogP contribution in [0.25, 0.3) is 11.4 Å². The molecule has 2 N–H and O–H groups in total. The minimum atomic E-state index is 0.0835. The zero-order valence-electron chi connectivity index (χ0n) is 15.0. The number of hydrogen-bond donors (Lipinski definition) is 2. The molecule has 1 atom stereocenters. The number of nitrogens with one attached hydrogen (secondary N) is 2. The Morgan fingerprint density at radius 3 is 2.96 bits per heavy atom. The predicted octanol–water partition coefficient (Wildman–Crippen LogP) is 2.93. The zero-order chi connectivity index (χ0) is 17.6. The van der Waals surface area contributed by atoms with E-state index in [0.29, 0.717) is 18.3 Å². The van der Waals surface area contributed by atoms with Crippen LogP contribution in [-0.4, -0.2) is 33.8 Å². The lowest BCUT2D eigenvalue weighted by Crippen LogP contribution is -2.32. The maximum atomic E-state index is 12.4. The van der Waals surface area contributed by atoms with Gasteiger partial charge in [-0.05, 0) is 56.8 Å². The van der Waals surface area contributed by atoms with E-state index in [1.165, 1.54) is 0 Å². The minimum absolute atomic E-state index is 0.0835. The van der Waals surface area contributed by atoms with Crippen LogP contribution in [-0.2, 0) is 11.3 Å². The maximum Gasteiger partial charge on any atom is 0.224 e. The Hall–Kier alpha value is -2.21. The van der Waals surface area contributed by atoms with Gasteiger partial charge in [-0.3, -0.25) is 4.79 Å². The van der Waals surface area contributed by atoms with Crippen LogP contribution >= 0.6 is 0 Å². The second kappa shape index (κ2) is 8.25. The average molecular weight is 341 g/mol. The van der Waals surface area contributed by atoms with Gasteiger partial charge in [0, 0.05) is 24.2 Å². The highest BCUT2D eigenvalue weighted by Crippen LogP contribution is 2.25. The molecule has 3 rings (SSSR count). The van der Waals surface area contributed by atoms with Gasteiger partial charge in [0.1, 0.15) is 6.33 Å². The van der Waals surface area contributed by atoms with Crippen molar-refractivity contribution in [3.63, 3.8) is 0 Å². The fourth-order valence-corrected chi connectivity index (χ4v) is 3.53. The van der Waals surface area contributed by atoms with Crippen LogP contribution in [0.2, 0.25) is 0 Å². The highest BCUT2D eigenvalue weighted by Gasteiger charge is 2.22. The summed E-state index contributed by atoms with van der Waals surface area (Å²) in [6, 6.07) is 7.81. The van der Waals surface area contributed by atoms with Gasteiger partial charge in [0.2, 0.25) is 5.91 Å². The van der Waals surface area contributed by atoms with E-state index in [0.717, 1.165) is 49.6 Å². The molecule has 1 unspecified atom stereocenters. The number of rotatable bonds is 6. The molecule has 6 nitrogen and oxygen atoms in total. The third kappa shape index (κ3) is 4.45. The Balaban J connectivity index is 1.62. The van der Waals surface area contributed by atoms with Gasteiger partial charge in [-0.2, -0.15) is 0 Å². The molecule has 134 valence electrons. The number of anilines is 1. The molecule has 1 amide bonds. The Morgan fingerprint density at radius 2 is 2.20 bits per heavy atom. The Bertz CT molecular complexity index is 705. The molecule has 2 heterocycles. The molecule has 1 aromatic heterocycles. The first kappa shape index (κ1) is 17.6. The van der Waals surface area contributed by atoms with Crippen molar-refractivity contribution in [2.45, 2.75) is 39.7 Å². The van der Waals surface area contributed by atoms with Crippen LogP contribution in [0.4, 0.5) is 5.69 Å². The monoisotopic (exact) mass is 341 g/mol. The summed E-state index contributed by atoms with van der Waals surface area (Å²) in [4.78, 5) is 12.4. The molecule has 6 heteroatoms. The van der Waals surface area contributed by atoms with E-state index in [2.05, 4.69) is 34.7 Å². The van der Waals surface area contributed by atoms with Gasteiger partial charge in [0.05, 0.1) is 0 Å². The Kier molecular flexibility index (Phi) is 5.81. The summed E-state index contributed by atoms with van der Waals surface area (Å²) in [5, 5.41) is 14.6. The van der Waals surface area contributed by atoms with Crippen molar-refractivity contribution >= 4 is 11.6 Å². The Labute approximate surface area is 149 Å². The van der Waals surface area contributed by atoms with E-state index in [4.69, 9.17) is 0 Å². The third-order valence-corrected chi connectivity index (χ3v) is 5.06. The number of nitrogens with zero attached hydrogens (tertiary/aromatic N) is 3. The number of carbonyl (C=O) groups is 1. The lowest BCUT2D eigenvalue weighted by atomic mass is 9.84. The Morgan fingerprint density at radius 1 is 1.40 bits per heavy atom. The molecule has 0 aliphatic carbocycles. The van der Waals surface area contributed by atoms with Gasteiger partial charge in [-0.15, -0.1) is 10.2 Å². The number of hydrogen-bond acceptors (Lipinski definition) is 4. The summed E-state index contributed by atoms with van der Waals surface area (Å²) in [6.45, 7) is 7.19. The van der Waals surface area contributed by atoms with Gasteiger partial charge < -0.3 is 15.2 Å². The molecule has 1 aromatic carbocycles. The molecule has 2 aromatic rings. The number of piperidine rings is 1. The number of amides is 1. The lowest BCUT2D eigenvalue weighted by molar-refractivity contribution is -0.117. The van der Waals surface area contributed by atoms with E-state index in [9.17, 15) is 4.79 Å². The second-order valence-corrected chi connectivity index (χ2v) is 6.84. The van der Waals surface area contributed by atoms with Gasteiger partial charge in [-0.1, -0.05) is 19.1 Å². The molecule has 1 aliphatic rings. The molecule has 1 aliphatic heterocycles. The van der Waals surface area contributed by atoms with Gasteiger partial charge in [-0.25, -0.2) is 0 Å². The highest BCUT2D eigenvalue weighted by molar-refractivity contribution is 5.91. The summed E-state index contributed by atoms with van der Waals surface area (Å²) < 4.78 is 1.99. The van der Waals surface area contributed by atoms with Crippen molar-refractivity contribution in [2.75, 3.05) is 18.4 Å². The first-order valence-electron chi connectivity index (χ1n) is 9.16. The van der Waals surface area contributed by atoms with Crippen molar-refractivity contribution in [1.82, 2.24) is 20.1 Å². The van der Waals surface area contributed by atoms with Crippen LogP contribution in [0, 0.1) is 11.8 Å². The van der Waals surface area contributed by atoms with Crippen LogP contribution in [0.15, 0.2) is 30.6 Å². The standard InChI is InChI=1S/C19H27N5O/c1-3-24-13-21-23-19(24)16-5-4-6-17(12-16)22-18(25)11-14(2)15-7-9-20-10-8-15/h4-6,12-15,20H,3,7-11H2,1-2H3,(H,22,25). The molecule has 25 heavy (non-hydrogen) atoms. The smallest absolute Gasteiger partial charge is 0.224 e. The first-order valence-corrected chi connectivity index (χ1v) is 9.16. The summed E-state index contributed by atoms with van der Waals surface area (Å²) >= 11 is 0. The lowest BCUT2D eigenvalue weighted by Gasteiger charge is -2.27. The molecule has 0 spiro atoms. The number of aryl methyl sites for hydroxylation is 1. The predicted molar refractivity (Wildman–Crippen MR) is 99.1 cm³/mol. The van der Waals surface area contributed by atoms with E-state index in [-0.39, 0.29) is 5.91 Å². The first-order chi connectivity index (χ1) is 12.2. The van der Waals surface area contributed by atoms with Crippen LogP contribution < -0.4 is 10.6 Å². The van der Waals surface area contributed by atoms with Crippen molar-refractivity contribution in [3.05, 3.63) is 30.6 Å². The van der Waals surface area contributed by atoms with Crippen LogP contribution in [0.3, 0.4) is 0 Å². The van der Waals surface area contributed by atoms with Crippen molar-refractivity contribution < 1.29 is 4.79 Å². The van der Waals surface area contributed by atoms with Crippen LogP contribution in [0.1, 0.15) is 33.1 Å². The van der Waals surface area contributed by atoms with Gasteiger partial charge in [0.15, 0.2) is 5.82 Å². The SMILES string of the molecule is CCn1cnnc1-c1cccc(NC(=O)CC(C)C2CCNCC2)c1. The quantitative estimate of drug-likeness (QED) is 0.847. The third-order valence-electron chi connectivity index (χ3n) is 5.06. The fourth-order valence-electron chi connectivity index (χ4n) is 3.53. The molecular formula is C19H27N5O. The summed E-state index contributed by atoms with van der Waals surface area (Å²) in [7, 11) is 0. The molecule has 0 saturated carbocycles. The molecule has 1 saturated heterocycles. The van der Waals surface area contributed by atoms with E-state index in [1.807, 2.05) is 28.8 Å². The van der Waals surface area contributed by atoms with Crippen molar-refractivity contribution in [2.24, 2.45) is 11.8 Å². The second-order valence-electron chi connectivity index (χ2n) is 6.84. The van der Waals surface area contributed by atoms with Gasteiger partial charge >= 0.3 is 0 Å². The van der Waals surface area contributed by atoms with Gasteiger partial charge in [0.25, 0.3) is 0 Å². The summed E-state index contributed by atoms with van der Waals surface area (Å²) in [5.74, 6) is 1.96. The summed E-state index contributed by atoms with van der Waals surface area (Å²) in [5.41, 5.74) is 1.77. The maximum absolute atomic E-state index is 12.4. The van der Waals surface area contributed by atoms with E-state index < -0.39 is 0 Å². The molecule has 0 bridgehead atoms. The average Bonchev–Trinajstić information content (AvgIpc) is 3.11. The fraction of sp³-hybridized carbons (Fsp3) is 0.526. The largest absolute Gasteiger partial charge is 0.326 e. The minimum Gasteiger partial charge on any atom is -0.326 e. The molecular weight excluding hydrogens is 314 g/mol. The molecule has 1 fully saturated rings.